The molecule has 0 radical (unpaired) electrons. The molecule has 2 rings (SSSR count). The fraction of sp³-hybridized carbons (Fsp3) is 0.667. The Morgan fingerprint density at radius 2 is 2.17 bits per heavy atom. The largest absolute Gasteiger partial charge is 0.381 e. The number of alkyl halides is 1. The maximum Gasteiger partial charge on any atom is 0.226 e. The molecule has 1 fully saturated rings. The molecule has 18 heavy (non-hydrogen) atoms. The highest BCUT2D eigenvalue weighted by Crippen LogP contribution is 2.26. The van der Waals surface area contributed by atoms with Gasteiger partial charge in [0.2, 0.25) is 5.95 Å². The summed E-state index contributed by atoms with van der Waals surface area (Å²) in [5, 5.41) is 3.45. The van der Waals surface area contributed by atoms with E-state index in [9.17, 15) is 0 Å². The van der Waals surface area contributed by atoms with Crippen LogP contribution in [0.2, 0.25) is 0 Å². The van der Waals surface area contributed by atoms with Crippen LogP contribution in [-0.4, -0.2) is 48.7 Å². The van der Waals surface area contributed by atoms with E-state index in [0.29, 0.717) is 11.8 Å². The van der Waals surface area contributed by atoms with E-state index in [1.807, 2.05) is 25.1 Å². The quantitative estimate of drug-likeness (QED) is 0.845. The number of halogens is 1. The topological polar surface area (TPSA) is 50.3 Å². The average molecular weight is 271 g/mol. The second kappa shape index (κ2) is 5.71. The first-order valence-electron chi connectivity index (χ1n) is 6.07. The molecule has 0 bridgehead atoms. The Hall–Kier alpha value is -1.07. The first kappa shape index (κ1) is 13.4. The molecule has 0 aromatic carbocycles. The summed E-state index contributed by atoms with van der Waals surface area (Å²) in [6, 6.07) is 1.87. The lowest BCUT2D eigenvalue weighted by atomic mass is 9.92. The Morgan fingerprint density at radius 1 is 1.44 bits per heavy atom. The van der Waals surface area contributed by atoms with Gasteiger partial charge in [0.25, 0.3) is 0 Å². The monoisotopic (exact) mass is 270 g/mol. The number of nitrogens with zero attached hydrogens (tertiary/aromatic N) is 3. The molecule has 1 aliphatic heterocycles. The van der Waals surface area contributed by atoms with Crippen molar-refractivity contribution in [3.63, 3.8) is 0 Å². The normalized spacial score (nSPS) is 18.4. The molecule has 0 amide bonds. The van der Waals surface area contributed by atoms with Gasteiger partial charge in [0, 0.05) is 39.4 Å². The van der Waals surface area contributed by atoms with Crippen molar-refractivity contribution >= 4 is 23.4 Å². The number of anilines is 2. The summed E-state index contributed by atoms with van der Waals surface area (Å²) >= 11 is 6.12. The molecule has 100 valence electrons. The van der Waals surface area contributed by atoms with Crippen molar-refractivity contribution in [1.82, 2.24) is 9.97 Å². The predicted octanol–water partition coefficient (Wildman–Crippen LogP) is 1.74. The van der Waals surface area contributed by atoms with Crippen molar-refractivity contribution in [2.75, 3.05) is 43.4 Å². The van der Waals surface area contributed by atoms with E-state index in [0.717, 1.165) is 31.9 Å². The molecule has 1 aromatic heterocycles. The molecule has 0 saturated carbocycles. The van der Waals surface area contributed by atoms with Crippen LogP contribution in [0.1, 0.15) is 12.8 Å². The zero-order valence-corrected chi connectivity index (χ0v) is 11.6. The van der Waals surface area contributed by atoms with E-state index in [1.165, 1.54) is 0 Å². The van der Waals surface area contributed by atoms with Crippen LogP contribution >= 0.6 is 11.6 Å². The Labute approximate surface area is 113 Å². The first-order chi connectivity index (χ1) is 8.65. The zero-order valence-electron chi connectivity index (χ0n) is 10.8. The van der Waals surface area contributed by atoms with Gasteiger partial charge in [-0.1, -0.05) is 0 Å². The van der Waals surface area contributed by atoms with Crippen LogP contribution in [0.3, 0.4) is 0 Å². The predicted molar refractivity (Wildman–Crippen MR) is 73.5 cm³/mol. The SMILES string of the molecule is CN(C)c1nccc(NC2(CCl)CCOCC2)n1. The first-order valence-corrected chi connectivity index (χ1v) is 6.61. The second-order valence-corrected chi connectivity index (χ2v) is 5.05. The van der Waals surface area contributed by atoms with Gasteiger partial charge in [-0.3, -0.25) is 0 Å². The summed E-state index contributed by atoms with van der Waals surface area (Å²) in [6.07, 6.45) is 3.56. The van der Waals surface area contributed by atoms with Gasteiger partial charge in [-0.2, -0.15) is 4.98 Å². The Kier molecular flexibility index (Phi) is 4.24. The summed E-state index contributed by atoms with van der Waals surface area (Å²) in [7, 11) is 3.84. The number of nitrogens with one attached hydrogen (secondary N) is 1. The molecule has 1 aromatic rings. The minimum absolute atomic E-state index is 0.113. The molecule has 0 spiro atoms. The third-order valence-corrected chi connectivity index (χ3v) is 3.65. The number of rotatable bonds is 4. The van der Waals surface area contributed by atoms with E-state index in [4.69, 9.17) is 16.3 Å². The molecular formula is C12H19ClN4O. The van der Waals surface area contributed by atoms with Gasteiger partial charge in [0.15, 0.2) is 0 Å². The van der Waals surface area contributed by atoms with Crippen LogP contribution in [0.25, 0.3) is 0 Å². The van der Waals surface area contributed by atoms with E-state index >= 15 is 0 Å². The van der Waals surface area contributed by atoms with Crippen molar-refractivity contribution < 1.29 is 4.74 Å². The molecular weight excluding hydrogens is 252 g/mol. The zero-order chi connectivity index (χ0) is 13.0. The number of hydrogen-bond acceptors (Lipinski definition) is 5. The summed E-state index contributed by atoms with van der Waals surface area (Å²) in [5.74, 6) is 2.06. The third kappa shape index (κ3) is 3.03. The van der Waals surface area contributed by atoms with Crippen molar-refractivity contribution in [2.45, 2.75) is 18.4 Å². The number of aromatic nitrogens is 2. The minimum Gasteiger partial charge on any atom is -0.381 e. The standard InChI is InChI=1S/C12H19ClN4O/c1-17(2)11-14-6-3-10(15-11)16-12(9-13)4-7-18-8-5-12/h3,6H,4-5,7-9H2,1-2H3,(H,14,15,16). The van der Waals surface area contributed by atoms with Gasteiger partial charge in [-0.05, 0) is 18.9 Å². The lowest BCUT2D eigenvalue weighted by molar-refractivity contribution is 0.0666. The van der Waals surface area contributed by atoms with Gasteiger partial charge in [0.05, 0.1) is 5.54 Å². The van der Waals surface area contributed by atoms with Crippen LogP contribution in [-0.2, 0) is 4.74 Å². The van der Waals surface area contributed by atoms with Crippen LogP contribution < -0.4 is 10.2 Å². The fourth-order valence-electron chi connectivity index (χ4n) is 1.96. The van der Waals surface area contributed by atoms with Crippen LogP contribution in [0.4, 0.5) is 11.8 Å². The van der Waals surface area contributed by atoms with Crippen molar-refractivity contribution in [3.05, 3.63) is 12.3 Å². The summed E-state index contributed by atoms with van der Waals surface area (Å²) in [4.78, 5) is 10.5. The molecule has 0 aliphatic carbocycles. The van der Waals surface area contributed by atoms with Gasteiger partial charge >= 0.3 is 0 Å². The molecule has 5 nitrogen and oxygen atoms in total. The van der Waals surface area contributed by atoms with Crippen molar-refractivity contribution in [2.24, 2.45) is 0 Å². The molecule has 1 aliphatic rings. The van der Waals surface area contributed by atoms with Crippen LogP contribution in [0.5, 0.6) is 0 Å². The highest BCUT2D eigenvalue weighted by atomic mass is 35.5. The average Bonchev–Trinajstić information content (AvgIpc) is 2.40. The van der Waals surface area contributed by atoms with E-state index in [2.05, 4.69) is 15.3 Å². The lowest BCUT2D eigenvalue weighted by Gasteiger charge is -2.36. The number of hydrogen-bond donors (Lipinski definition) is 1. The third-order valence-electron chi connectivity index (χ3n) is 3.14. The maximum atomic E-state index is 6.12. The Morgan fingerprint density at radius 3 is 2.78 bits per heavy atom. The smallest absolute Gasteiger partial charge is 0.226 e. The molecule has 1 N–H and O–H groups in total. The Bertz CT molecular complexity index is 393. The minimum atomic E-state index is -0.113. The van der Waals surface area contributed by atoms with Gasteiger partial charge in [-0.15, -0.1) is 11.6 Å². The van der Waals surface area contributed by atoms with Crippen molar-refractivity contribution in [1.29, 1.82) is 0 Å². The van der Waals surface area contributed by atoms with Crippen molar-refractivity contribution in [3.8, 4) is 0 Å². The summed E-state index contributed by atoms with van der Waals surface area (Å²) < 4.78 is 5.39. The lowest BCUT2D eigenvalue weighted by Crippen LogP contribution is -2.45. The van der Waals surface area contributed by atoms with Crippen LogP contribution in [0, 0.1) is 0 Å². The number of ether oxygens (including phenoxy) is 1. The van der Waals surface area contributed by atoms with E-state index < -0.39 is 0 Å². The van der Waals surface area contributed by atoms with E-state index in [1.54, 1.807) is 6.20 Å². The highest BCUT2D eigenvalue weighted by molar-refractivity contribution is 6.18. The second-order valence-electron chi connectivity index (χ2n) is 4.79. The molecule has 0 atom stereocenters. The maximum absolute atomic E-state index is 6.12. The highest BCUT2D eigenvalue weighted by Gasteiger charge is 2.32. The summed E-state index contributed by atoms with van der Waals surface area (Å²) in [6.45, 7) is 1.48. The van der Waals surface area contributed by atoms with E-state index in [-0.39, 0.29) is 5.54 Å². The molecule has 1 saturated heterocycles. The molecule has 0 unspecified atom stereocenters. The molecule has 6 heteroatoms. The van der Waals surface area contributed by atoms with Gasteiger partial charge in [-0.25, -0.2) is 4.98 Å². The summed E-state index contributed by atoms with van der Waals surface area (Å²) in [5.41, 5.74) is -0.113. The Balaban J connectivity index is 2.13. The van der Waals surface area contributed by atoms with Gasteiger partial charge in [0.1, 0.15) is 5.82 Å². The van der Waals surface area contributed by atoms with Gasteiger partial charge < -0.3 is 15.0 Å². The fourth-order valence-corrected chi connectivity index (χ4v) is 2.29. The van der Waals surface area contributed by atoms with Crippen LogP contribution in [0.15, 0.2) is 12.3 Å². The molecule has 2 heterocycles.